The SMILES string of the molecule is CC[C@H](C)NC(=O)[C@H](CC)N(Cc1ccc(Cl)cc1)C(=O)CN(c1cc(Cl)ccc1OC)S(=O)(=O)c1ccccc1. The van der Waals surface area contributed by atoms with Gasteiger partial charge in [-0.15, -0.1) is 0 Å². The molecule has 41 heavy (non-hydrogen) atoms. The van der Waals surface area contributed by atoms with Gasteiger partial charge in [0.05, 0.1) is 17.7 Å². The lowest BCUT2D eigenvalue weighted by molar-refractivity contribution is -0.140. The maximum atomic E-state index is 14.2. The molecule has 0 bridgehead atoms. The molecule has 0 fully saturated rings. The monoisotopic (exact) mass is 619 g/mol. The topological polar surface area (TPSA) is 96.0 Å². The molecule has 0 saturated carbocycles. The Labute approximate surface area is 252 Å². The molecule has 220 valence electrons. The zero-order valence-electron chi connectivity index (χ0n) is 23.5. The van der Waals surface area contributed by atoms with Crippen molar-refractivity contribution < 1.29 is 22.7 Å². The Morgan fingerprint density at radius 2 is 1.56 bits per heavy atom. The average Bonchev–Trinajstić information content (AvgIpc) is 2.96. The van der Waals surface area contributed by atoms with Crippen molar-refractivity contribution in [2.45, 2.75) is 57.1 Å². The number of nitrogens with zero attached hydrogens (tertiary/aromatic N) is 2. The van der Waals surface area contributed by atoms with Crippen molar-refractivity contribution in [2.24, 2.45) is 0 Å². The highest BCUT2D eigenvalue weighted by molar-refractivity contribution is 7.92. The Bertz CT molecular complexity index is 1440. The number of methoxy groups -OCH3 is 1. The van der Waals surface area contributed by atoms with Gasteiger partial charge in [0.2, 0.25) is 11.8 Å². The van der Waals surface area contributed by atoms with E-state index in [1.165, 1.54) is 36.3 Å². The number of carbonyl (C=O) groups is 2. The van der Waals surface area contributed by atoms with Crippen LogP contribution in [0.15, 0.2) is 77.7 Å². The Balaban J connectivity index is 2.11. The Kier molecular flexibility index (Phi) is 11.5. The van der Waals surface area contributed by atoms with Gasteiger partial charge in [0.15, 0.2) is 0 Å². The van der Waals surface area contributed by atoms with Gasteiger partial charge in [0.25, 0.3) is 10.0 Å². The van der Waals surface area contributed by atoms with Gasteiger partial charge < -0.3 is 15.0 Å². The van der Waals surface area contributed by atoms with Crippen molar-refractivity contribution in [1.29, 1.82) is 0 Å². The van der Waals surface area contributed by atoms with Gasteiger partial charge in [-0.2, -0.15) is 0 Å². The third-order valence-corrected chi connectivity index (χ3v) is 8.93. The highest BCUT2D eigenvalue weighted by Gasteiger charge is 2.35. The van der Waals surface area contributed by atoms with Gasteiger partial charge in [-0.1, -0.05) is 67.4 Å². The predicted molar refractivity (Wildman–Crippen MR) is 163 cm³/mol. The quantitative estimate of drug-likeness (QED) is 0.256. The standard InChI is InChI=1S/C30H35Cl2N3O5S/c1-5-21(3)33-30(37)26(6-2)34(19-22-12-14-23(31)15-13-22)29(36)20-35(27-18-24(32)16-17-28(27)40-4)41(38,39)25-10-8-7-9-11-25/h7-18,21,26H,5-6,19-20H2,1-4H3,(H,33,37)/t21-,26-/m0/s1. The van der Waals surface area contributed by atoms with Crippen LogP contribution in [-0.2, 0) is 26.2 Å². The van der Waals surface area contributed by atoms with Crippen molar-refractivity contribution in [2.75, 3.05) is 18.0 Å². The van der Waals surface area contributed by atoms with Crippen molar-refractivity contribution >= 4 is 50.7 Å². The molecule has 0 aromatic heterocycles. The number of rotatable bonds is 13. The van der Waals surface area contributed by atoms with E-state index >= 15 is 0 Å². The van der Waals surface area contributed by atoms with E-state index in [1.807, 2.05) is 20.8 Å². The van der Waals surface area contributed by atoms with Gasteiger partial charge in [-0.25, -0.2) is 8.42 Å². The van der Waals surface area contributed by atoms with E-state index in [4.69, 9.17) is 27.9 Å². The van der Waals surface area contributed by atoms with E-state index in [1.54, 1.807) is 48.5 Å². The van der Waals surface area contributed by atoms with Gasteiger partial charge >= 0.3 is 0 Å². The number of ether oxygens (including phenoxy) is 1. The minimum Gasteiger partial charge on any atom is -0.495 e. The number of amides is 2. The molecule has 0 aliphatic carbocycles. The summed E-state index contributed by atoms with van der Waals surface area (Å²) in [5.41, 5.74) is 0.830. The molecule has 2 atom stereocenters. The van der Waals surface area contributed by atoms with E-state index in [0.29, 0.717) is 17.9 Å². The lowest BCUT2D eigenvalue weighted by atomic mass is 10.1. The second-order valence-electron chi connectivity index (χ2n) is 9.53. The Hall–Kier alpha value is -3.27. The molecule has 3 aromatic rings. The van der Waals surface area contributed by atoms with Crippen LogP contribution in [0.4, 0.5) is 5.69 Å². The molecular formula is C30H35Cl2N3O5S. The maximum Gasteiger partial charge on any atom is 0.264 e. The second kappa shape index (κ2) is 14.6. The van der Waals surface area contributed by atoms with Crippen LogP contribution < -0.4 is 14.4 Å². The molecule has 0 saturated heterocycles. The molecule has 2 amide bonds. The molecule has 0 spiro atoms. The maximum absolute atomic E-state index is 14.2. The first-order valence-corrected chi connectivity index (χ1v) is 15.5. The molecule has 0 aliphatic rings. The summed E-state index contributed by atoms with van der Waals surface area (Å²) in [7, 11) is -2.85. The summed E-state index contributed by atoms with van der Waals surface area (Å²) in [6.45, 7) is 5.10. The largest absolute Gasteiger partial charge is 0.495 e. The van der Waals surface area contributed by atoms with Crippen molar-refractivity contribution in [3.63, 3.8) is 0 Å². The van der Waals surface area contributed by atoms with Crippen molar-refractivity contribution in [3.8, 4) is 5.75 Å². The molecule has 3 aromatic carbocycles. The minimum absolute atomic E-state index is 0.0133. The summed E-state index contributed by atoms with van der Waals surface area (Å²) in [6.07, 6.45) is 1.03. The minimum atomic E-state index is -4.26. The second-order valence-corrected chi connectivity index (χ2v) is 12.3. The molecular weight excluding hydrogens is 585 g/mol. The van der Waals surface area contributed by atoms with Crippen LogP contribution >= 0.6 is 23.2 Å². The van der Waals surface area contributed by atoms with Gasteiger partial charge in [0, 0.05) is 22.6 Å². The fraction of sp³-hybridized carbons (Fsp3) is 0.333. The third-order valence-electron chi connectivity index (χ3n) is 6.67. The predicted octanol–water partition coefficient (Wildman–Crippen LogP) is 5.92. The number of benzene rings is 3. The first-order chi connectivity index (χ1) is 19.5. The van der Waals surface area contributed by atoms with Gasteiger partial charge in [0.1, 0.15) is 18.3 Å². The summed E-state index contributed by atoms with van der Waals surface area (Å²) in [5.74, 6) is -0.679. The zero-order valence-corrected chi connectivity index (χ0v) is 25.8. The number of sulfonamides is 1. The zero-order chi connectivity index (χ0) is 30.2. The van der Waals surface area contributed by atoms with Crippen LogP contribution in [0, 0.1) is 0 Å². The molecule has 0 radical (unpaired) electrons. The highest BCUT2D eigenvalue weighted by Crippen LogP contribution is 2.35. The molecule has 11 heteroatoms. The molecule has 8 nitrogen and oxygen atoms in total. The van der Waals surface area contributed by atoms with E-state index in [-0.39, 0.29) is 39.8 Å². The fourth-order valence-corrected chi connectivity index (χ4v) is 5.97. The van der Waals surface area contributed by atoms with Crippen LogP contribution in [0.1, 0.15) is 39.2 Å². The molecule has 3 rings (SSSR count). The molecule has 0 aliphatic heterocycles. The summed E-state index contributed by atoms with van der Waals surface area (Å²) >= 11 is 12.3. The van der Waals surface area contributed by atoms with Crippen LogP contribution in [0.2, 0.25) is 10.0 Å². The highest BCUT2D eigenvalue weighted by atomic mass is 35.5. The fourth-order valence-electron chi connectivity index (χ4n) is 4.24. The van der Waals surface area contributed by atoms with Crippen LogP contribution in [0.25, 0.3) is 0 Å². The summed E-state index contributed by atoms with van der Waals surface area (Å²) in [5, 5.41) is 3.75. The number of nitrogens with one attached hydrogen (secondary N) is 1. The first-order valence-electron chi connectivity index (χ1n) is 13.3. The van der Waals surface area contributed by atoms with E-state index in [2.05, 4.69) is 5.32 Å². The Morgan fingerprint density at radius 3 is 2.15 bits per heavy atom. The molecule has 0 heterocycles. The van der Waals surface area contributed by atoms with E-state index in [0.717, 1.165) is 9.87 Å². The summed E-state index contributed by atoms with van der Waals surface area (Å²) in [6, 6.07) is 18.3. The Morgan fingerprint density at radius 1 is 0.927 bits per heavy atom. The number of anilines is 1. The number of carbonyl (C=O) groups excluding carboxylic acids is 2. The van der Waals surface area contributed by atoms with Crippen molar-refractivity contribution in [1.82, 2.24) is 10.2 Å². The number of hydrogen-bond acceptors (Lipinski definition) is 5. The van der Waals surface area contributed by atoms with Crippen LogP contribution in [0.3, 0.4) is 0 Å². The molecule has 1 N–H and O–H groups in total. The third kappa shape index (κ3) is 8.15. The lowest BCUT2D eigenvalue weighted by Crippen LogP contribution is -2.53. The van der Waals surface area contributed by atoms with E-state index in [9.17, 15) is 18.0 Å². The summed E-state index contributed by atoms with van der Waals surface area (Å²) in [4.78, 5) is 28.9. The van der Waals surface area contributed by atoms with Crippen LogP contribution in [-0.4, -0.2) is 50.9 Å². The smallest absolute Gasteiger partial charge is 0.264 e. The van der Waals surface area contributed by atoms with Gasteiger partial charge in [-0.3, -0.25) is 13.9 Å². The summed E-state index contributed by atoms with van der Waals surface area (Å²) < 4.78 is 34.4. The number of hydrogen-bond donors (Lipinski definition) is 1. The number of halogens is 2. The van der Waals surface area contributed by atoms with E-state index < -0.39 is 28.5 Å². The molecule has 0 unspecified atom stereocenters. The first kappa shape index (κ1) is 32.2. The van der Waals surface area contributed by atoms with Crippen LogP contribution in [0.5, 0.6) is 5.75 Å². The van der Waals surface area contributed by atoms with Crippen molar-refractivity contribution in [3.05, 3.63) is 88.4 Å². The normalized spacial score (nSPS) is 12.7. The average molecular weight is 621 g/mol. The lowest BCUT2D eigenvalue weighted by Gasteiger charge is -2.34. The van der Waals surface area contributed by atoms with Gasteiger partial charge in [-0.05, 0) is 67.8 Å².